The predicted molar refractivity (Wildman–Crippen MR) is 134 cm³/mol. The fourth-order valence-electron chi connectivity index (χ4n) is 3.91. The van der Waals surface area contributed by atoms with Crippen molar-refractivity contribution >= 4 is 11.8 Å². The summed E-state index contributed by atoms with van der Waals surface area (Å²) in [4.78, 5) is 25.0. The number of nitrogens with one attached hydrogen (secondary N) is 2. The highest BCUT2D eigenvalue weighted by atomic mass is 16.2. The molecule has 1 aromatic carbocycles. The summed E-state index contributed by atoms with van der Waals surface area (Å²) in [5.74, 6) is -0.239. The van der Waals surface area contributed by atoms with Crippen LogP contribution in [0.5, 0.6) is 0 Å². The number of carbonyl (C=O) groups is 2. The van der Waals surface area contributed by atoms with Gasteiger partial charge in [-0.25, -0.2) is 4.68 Å². The first kappa shape index (κ1) is 25.6. The van der Waals surface area contributed by atoms with Crippen molar-refractivity contribution in [3.05, 3.63) is 83.7 Å². The molecular weight excluding hydrogens is 440 g/mol. The van der Waals surface area contributed by atoms with Crippen molar-refractivity contribution in [3.8, 4) is 6.07 Å². The van der Waals surface area contributed by atoms with E-state index in [1.165, 1.54) is 10.9 Å². The van der Waals surface area contributed by atoms with Gasteiger partial charge in [0.05, 0.1) is 18.8 Å². The van der Waals surface area contributed by atoms with E-state index in [4.69, 9.17) is 0 Å². The van der Waals surface area contributed by atoms with E-state index in [1.807, 2.05) is 42.5 Å². The fraction of sp³-hybridized carbons (Fsp3) is 0.370. The van der Waals surface area contributed by atoms with Gasteiger partial charge in [0.1, 0.15) is 6.04 Å². The highest BCUT2D eigenvalue weighted by molar-refractivity contribution is 5.92. The zero-order valence-electron chi connectivity index (χ0n) is 20.1. The van der Waals surface area contributed by atoms with Crippen LogP contribution in [-0.4, -0.2) is 33.4 Å². The zero-order valence-corrected chi connectivity index (χ0v) is 20.1. The lowest BCUT2D eigenvalue weighted by Gasteiger charge is -2.16. The lowest BCUT2D eigenvalue weighted by molar-refractivity contribution is -0.122. The Morgan fingerprint density at radius 1 is 1.29 bits per heavy atom. The van der Waals surface area contributed by atoms with Crippen molar-refractivity contribution < 1.29 is 9.59 Å². The first-order chi connectivity index (χ1) is 17.0. The number of aryl methyl sites for hydroxylation is 1. The highest BCUT2D eigenvalue weighted by Gasteiger charge is 2.18. The number of benzene rings is 1. The van der Waals surface area contributed by atoms with Crippen LogP contribution in [-0.2, 0) is 17.8 Å². The average Bonchev–Trinajstić information content (AvgIpc) is 3.36. The predicted octanol–water partition coefficient (Wildman–Crippen LogP) is 3.81. The lowest BCUT2D eigenvalue weighted by Crippen LogP contribution is -2.29. The molecule has 2 aromatic rings. The summed E-state index contributed by atoms with van der Waals surface area (Å²) >= 11 is 0. The van der Waals surface area contributed by atoms with Gasteiger partial charge in [0.15, 0.2) is 5.69 Å². The van der Waals surface area contributed by atoms with Crippen LogP contribution in [0.3, 0.4) is 0 Å². The smallest absolute Gasteiger partial charge is 0.274 e. The molecule has 1 aliphatic rings. The van der Waals surface area contributed by atoms with Crippen LogP contribution < -0.4 is 10.6 Å². The second-order valence-electron chi connectivity index (χ2n) is 8.64. The van der Waals surface area contributed by atoms with E-state index < -0.39 is 11.9 Å². The van der Waals surface area contributed by atoms with Gasteiger partial charge >= 0.3 is 0 Å². The summed E-state index contributed by atoms with van der Waals surface area (Å²) in [6.45, 7) is 6.88. The first-order valence-corrected chi connectivity index (χ1v) is 12.0. The topological polar surface area (TPSA) is 113 Å². The molecule has 2 amide bonds. The molecule has 0 saturated carbocycles. The summed E-state index contributed by atoms with van der Waals surface area (Å²) in [5, 5.41) is 23.0. The molecule has 3 rings (SSSR count). The van der Waals surface area contributed by atoms with Gasteiger partial charge in [-0.05, 0) is 42.7 Å². The molecule has 0 fully saturated rings. The third-order valence-corrected chi connectivity index (χ3v) is 5.91. The van der Waals surface area contributed by atoms with Crippen molar-refractivity contribution in [2.75, 3.05) is 6.54 Å². The average molecular weight is 473 g/mol. The zero-order chi connectivity index (χ0) is 25.0. The third-order valence-electron chi connectivity index (χ3n) is 5.91. The lowest BCUT2D eigenvalue weighted by atomic mass is 9.92. The number of hydrogen-bond donors (Lipinski definition) is 2. The molecule has 2 atom stereocenters. The molecule has 0 radical (unpaired) electrons. The molecule has 8 heteroatoms. The maximum absolute atomic E-state index is 12.6. The molecule has 35 heavy (non-hydrogen) atoms. The van der Waals surface area contributed by atoms with Crippen molar-refractivity contribution in [3.63, 3.8) is 0 Å². The molecule has 1 aromatic heterocycles. The minimum Gasteiger partial charge on any atom is -0.354 e. The second kappa shape index (κ2) is 13.0. The number of carbonyl (C=O) groups excluding carboxylic acids is 2. The molecule has 1 aliphatic carbocycles. The molecular formula is C27H32N6O2. The molecule has 2 N–H and O–H groups in total. The van der Waals surface area contributed by atoms with Crippen LogP contribution >= 0.6 is 0 Å². The maximum atomic E-state index is 12.6. The van der Waals surface area contributed by atoms with E-state index in [9.17, 15) is 14.9 Å². The van der Waals surface area contributed by atoms with Crippen LogP contribution in [0.2, 0.25) is 0 Å². The minimum absolute atomic E-state index is 0.0148. The van der Waals surface area contributed by atoms with Crippen molar-refractivity contribution in [1.82, 2.24) is 25.6 Å². The van der Waals surface area contributed by atoms with E-state index in [1.54, 1.807) is 0 Å². The Kier molecular flexibility index (Phi) is 9.55. The molecule has 8 nitrogen and oxygen atoms in total. The normalized spacial score (nSPS) is 18.3. The Morgan fingerprint density at radius 2 is 2.09 bits per heavy atom. The first-order valence-electron chi connectivity index (χ1n) is 12.0. The molecule has 0 saturated heterocycles. The van der Waals surface area contributed by atoms with Crippen LogP contribution in [0, 0.1) is 17.2 Å². The van der Waals surface area contributed by atoms with E-state index in [2.05, 4.69) is 46.6 Å². The Labute approximate surface area is 206 Å². The minimum atomic E-state index is -0.780. The molecule has 1 heterocycles. The number of nitrogens with zero attached hydrogens (tertiary/aromatic N) is 4. The Morgan fingerprint density at radius 3 is 2.83 bits per heavy atom. The van der Waals surface area contributed by atoms with Crippen molar-refractivity contribution in [1.29, 1.82) is 5.26 Å². The van der Waals surface area contributed by atoms with Crippen molar-refractivity contribution in [2.24, 2.45) is 5.92 Å². The maximum Gasteiger partial charge on any atom is 0.274 e. The van der Waals surface area contributed by atoms with Gasteiger partial charge in [0, 0.05) is 13.0 Å². The van der Waals surface area contributed by atoms with E-state index in [0.717, 1.165) is 36.8 Å². The summed E-state index contributed by atoms with van der Waals surface area (Å²) < 4.78 is 1.50. The quantitative estimate of drug-likeness (QED) is 0.576. The number of aromatic nitrogens is 3. The van der Waals surface area contributed by atoms with Crippen LogP contribution in [0.15, 0.2) is 66.9 Å². The summed E-state index contributed by atoms with van der Waals surface area (Å²) in [7, 11) is 0. The highest BCUT2D eigenvalue weighted by Crippen LogP contribution is 2.22. The van der Waals surface area contributed by atoms with Gasteiger partial charge in [-0.2, -0.15) is 5.26 Å². The fourth-order valence-corrected chi connectivity index (χ4v) is 3.91. The van der Waals surface area contributed by atoms with Gasteiger partial charge < -0.3 is 10.6 Å². The van der Waals surface area contributed by atoms with Gasteiger partial charge in [-0.1, -0.05) is 72.9 Å². The van der Waals surface area contributed by atoms with Crippen LogP contribution in [0.25, 0.3) is 0 Å². The summed E-state index contributed by atoms with van der Waals surface area (Å²) in [6, 6.07) is 8.90. The second-order valence-corrected chi connectivity index (χ2v) is 8.64. The number of nitriles is 1. The van der Waals surface area contributed by atoms with E-state index in [0.29, 0.717) is 25.1 Å². The molecule has 0 spiro atoms. The van der Waals surface area contributed by atoms with Crippen molar-refractivity contribution in [2.45, 2.75) is 51.6 Å². The van der Waals surface area contributed by atoms with Crippen LogP contribution in [0.1, 0.15) is 60.3 Å². The Balaban J connectivity index is 1.46. The van der Waals surface area contributed by atoms with Gasteiger partial charge in [-0.3, -0.25) is 9.59 Å². The SMILES string of the molecule is C=C1/C=C\C=C/CCC(CC(=O)NCCn2cc(C(=O)NC(C#N)c3ccc(CC)cc3)nn2)C1. The molecule has 182 valence electrons. The van der Waals surface area contributed by atoms with Gasteiger partial charge in [0.25, 0.3) is 5.91 Å². The molecule has 0 bridgehead atoms. The molecule has 2 unspecified atom stereocenters. The number of allylic oxidation sites excluding steroid dienone is 5. The standard InChI is InChI=1S/C27H32N6O2/c1-3-21-10-12-23(13-11-21)24(18-28)30-27(35)25-19-33(32-31-25)15-14-29-26(34)17-22-9-7-5-4-6-8-20(2)16-22/h4-6,8,10-13,19,22,24H,2-3,7,9,14-17H2,1H3,(H,29,34)(H,30,35)/b5-4-,8-6-. The monoisotopic (exact) mass is 472 g/mol. The van der Waals surface area contributed by atoms with E-state index >= 15 is 0 Å². The Hall–Kier alpha value is -3.99. The number of amides is 2. The molecule has 0 aliphatic heterocycles. The van der Waals surface area contributed by atoms with E-state index in [-0.39, 0.29) is 17.5 Å². The van der Waals surface area contributed by atoms with Gasteiger partial charge in [-0.15, -0.1) is 5.10 Å². The number of rotatable bonds is 9. The Bertz CT molecular complexity index is 1120. The largest absolute Gasteiger partial charge is 0.354 e. The van der Waals surface area contributed by atoms with Gasteiger partial charge in [0.2, 0.25) is 5.91 Å². The summed E-state index contributed by atoms with van der Waals surface area (Å²) in [6.07, 6.45) is 13.7. The van der Waals surface area contributed by atoms with Crippen LogP contribution in [0.4, 0.5) is 0 Å². The number of hydrogen-bond acceptors (Lipinski definition) is 5. The summed E-state index contributed by atoms with van der Waals surface area (Å²) in [5.41, 5.74) is 3.02. The third kappa shape index (κ3) is 8.07.